The average Bonchev–Trinajstić information content (AvgIpc) is 1.98. The van der Waals surface area contributed by atoms with Crippen LogP contribution in [0, 0.1) is 0 Å². The maximum Gasteiger partial charge on any atom is 0.480 e. The fourth-order valence-corrected chi connectivity index (χ4v) is 9.45. The van der Waals surface area contributed by atoms with E-state index >= 15 is 0 Å². The fraction of sp³-hybridized carbons (Fsp3) is 1.00. The molecule has 2 radical (unpaired) electrons. The van der Waals surface area contributed by atoms with Gasteiger partial charge in [-0.2, -0.15) is 0 Å². The quantitative estimate of drug-likeness (QED) is 0.651. The van der Waals surface area contributed by atoms with Gasteiger partial charge in [-0.15, -0.1) is 0 Å². The van der Waals surface area contributed by atoms with Gasteiger partial charge in [0.2, 0.25) is 0 Å². The Balaban J connectivity index is 2.45. The van der Waals surface area contributed by atoms with E-state index in [4.69, 9.17) is 18.1 Å². The van der Waals surface area contributed by atoms with Gasteiger partial charge >= 0.3 is 27.4 Å². The first kappa shape index (κ1) is 11.5. The van der Waals surface area contributed by atoms with Crippen molar-refractivity contribution in [2.75, 3.05) is 6.54 Å². The van der Waals surface area contributed by atoms with E-state index in [1.807, 2.05) is 13.1 Å². The van der Waals surface area contributed by atoms with Gasteiger partial charge in [0.05, 0.1) is 0 Å². The Hall–Kier alpha value is 0.451. The zero-order valence-electron chi connectivity index (χ0n) is 7.87. The molecule has 0 amide bonds. The summed E-state index contributed by atoms with van der Waals surface area (Å²) in [6.45, 7) is 4.31. The molecule has 0 saturated carbocycles. The third-order valence-corrected chi connectivity index (χ3v) is 9.73. The largest absolute Gasteiger partial charge is 0.480 e. The van der Waals surface area contributed by atoms with Crippen LogP contribution in [0.3, 0.4) is 0 Å². The van der Waals surface area contributed by atoms with E-state index in [2.05, 4.69) is 0 Å². The van der Waals surface area contributed by atoms with Crippen LogP contribution in [-0.2, 0) is 12.3 Å². The van der Waals surface area contributed by atoms with Crippen molar-refractivity contribution in [1.29, 1.82) is 0 Å². The summed E-state index contributed by atoms with van der Waals surface area (Å²) in [6.07, 6.45) is 0.743. The van der Waals surface area contributed by atoms with Gasteiger partial charge in [0.15, 0.2) is 0 Å². The van der Waals surface area contributed by atoms with Gasteiger partial charge in [0.25, 0.3) is 0 Å². The summed E-state index contributed by atoms with van der Waals surface area (Å²) in [5.74, 6) is 0. The first-order valence-corrected chi connectivity index (χ1v) is 9.81. The molecule has 0 aromatic rings. The molecule has 1 fully saturated rings. The van der Waals surface area contributed by atoms with Crippen LogP contribution in [0.1, 0.15) is 6.42 Å². The molecular formula is C5H15NO4Si3. The average molecular weight is 237 g/mol. The lowest BCUT2D eigenvalue weighted by Crippen LogP contribution is -2.56. The number of hydrogen-bond donors (Lipinski definition) is 2. The highest BCUT2D eigenvalue weighted by atomic mass is 28.5. The van der Waals surface area contributed by atoms with Gasteiger partial charge < -0.3 is 22.9 Å². The molecule has 8 heteroatoms. The summed E-state index contributed by atoms with van der Waals surface area (Å²) in [5, 5.41) is 0. The van der Waals surface area contributed by atoms with E-state index in [0.717, 1.165) is 6.42 Å². The molecule has 0 aromatic heterocycles. The lowest BCUT2D eigenvalue weighted by Gasteiger charge is -2.34. The molecule has 76 valence electrons. The van der Waals surface area contributed by atoms with Gasteiger partial charge in [-0.3, -0.25) is 0 Å². The van der Waals surface area contributed by atoms with Crippen molar-refractivity contribution in [1.82, 2.24) is 0 Å². The Morgan fingerprint density at radius 1 is 1.31 bits per heavy atom. The van der Waals surface area contributed by atoms with Crippen LogP contribution in [0.5, 0.6) is 0 Å². The molecule has 1 saturated heterocycles. The van der Waals surface area contributed by atoms with Crippen molar-refractivity contribution in [2.45, 2.75) is 25.6 Å². The Morgan fingerprint density at radius 3 is 2.31 bits per heavy atom. The Labute approximate surface area is 82.9 Å². The highest BCUT2D eigenvalue weighted by Crippen LogP contribution is 2.20. The van der Waals surface area contributed by atoms with Gasteiger partial charge in [-0.1, -0.05) is 0 Å². The van der Waals surface area contributed by atoms with E-state index in [1.165, 1.54) is 0 Å². The molecule has 0 bridgehead atoms. The predicted molar refractivity (Wildman–Crippen MR) is 52.9 cm³/mol. The minimum absolute atomic E-state index is 0.552. The monoisotopic (exact) mass is 237 g/mol. The first-order valence-electron chi connectivity index (χ1n) is 4.21. The van der Waals surface area contributed by atoms with Crippen molar-refractivity contribution in [3.05, 3.63) is 0 Å². The van der Waals surface area contributed by atoms with E-state index in [-0.39, 0.29) is 0 Å². The Morgan fingerprint density at radius 2 is 1.85 bits per heavy atom. The molecule has 0 atom stereocenters. The summed E-state index contributed by atoms with van der Waals surface area (Å²) in [7, 11) is -5.47. The van der Waals surface area contributed by atoms with Crippen molar-refractivity contribution >= 4 is 27.4 Å². The molecule has 1 aliphatic rings. The molecule has 3 N–H and O–H groups in total. The van der Waals surface area contributed by atoms with Crippen LogP contribution in [-0.4, -0.2) is 38.7 Å². The van der Waals surface area contributed by atoms with Crippen LogP contribution >= 0.6 is 0 Å². The van der Waals surface area contributed by atoms with Gasteiger partial charge in [-0.05, 0) is 26.1 Å². The van der Waals surface area contributed by atoms with Crippen LogP contribution in [0.4, 0.5) is 0 Å². The van der Waals surface area contributed by atoms with E-state index in [1.54, 1.807) is 0 Å². The molecule has 0 spiro atoms. The highest BCUT2D eigenvalue weighted by Gasteiger charge is 2.45. The van der Waals surface area contributed by atoms with Gasteiger partial charge in [0.1, 0.15) is 0 Å². The van der Waals surface area contributed by atoms with Crippen molar-refractivity contribution < 1.29 is 17.1 Å². The third kappa shape index (κ3) is 3.59. The molecule has 0 aliphatic carbocycles. The zero-order valence-corrected chi connectivity index (χ0v) is 10.9. The zero-order chi connectivity index (χ0) is 9.90. The Bertz CT molecular complexity index is 162. The SMILES string of the molecule is C[Si]1O[Si](C)O[Si](O)(CCCN)O1. The molecule has 1 aliphatic heterocycles. The maximum absolute atomic E-state index is 9.95. The van der Waals surface area contributed by atoms with Crippen molar-refractivity contribution in [3.63, 3.8) is 0 Å². The summed E-state index contributed by atoms with van der Waals surface area (Å²) in [6, 6.07) is 0.552. The lowest BCUT2D eigenvalue weighted by molar-refractivity contribution is 0.182. The normalized spacial score (nSPS) is 24.9. The molecule has 5 nitrogen and oxygen atoms in total. The minimum Gasteiger partial charge on any atom is -0.414 e. The van der Waals surface area contributed by atoms with Gasteiger partial charge in [-0.25, -0.2) is 0 Å². The predicted octanol–water partition coefficient (Wildman–Crippen LogP) is -0.434. The smallest absolute Gasteiger partial charge is 0.414 e. The molecule has 1 heterocycles. The molecule has 0 aromatic carbocycles. The second-order valence-electron chi connectivity index (χ2n) is 2.89. The number of hydrogen-bond acceptors (Lipinski definition) is 5. The highest BCUT2D eigenvalue weighted by molar-refractivity contribution is 6.78. The minimum atomic E-state index is -2.90. The molecule has 13 heavy (non-hydrogen) atoms. The topological polar surface area (TPSA) is 73.9 Å². The van der Waals surface area contributed by atoms with E-state index < -0.39 is 27.4 Å². The fourth-order valence-electron chi connectivity index (χ4n) is 1.14. The summed E-state index contributed by atoms with van der Waals surface area (Å²) >= 11 is 0. The second kappa shape index (κ2) is 4.80. The van der Waals surface area contributed by atoms with Crippen molar-refractivity contribution in [2.24, 2.45) is 5.73 Å². The maximum atomic E-state index is 9.95. The van der Waals surface area contributed by atoms with Crippen LogP contribution in [0.2, 0.25) is 19.1 Å². The number of rotatable bonds is 3. The van der Waals surface area contributed by atoms with E-state index in [9.17, 15) is 4.80 Å². The molecular weight excluding hydrogens is 222 g/mol. The standard InChI is InChI=1S/C5H15NO4Si3/c1-11-8-12(2)10-13(7,9-11)5-3-4-6/h7H,3-6H2,1-2H3. The second-order valence-corrected chi connectivity index (χ2v) is 9.24. The van der Waals surface area contributed by atoms with Crippen LogP contribution in [0.15, 0.2) is 0 Å². The first-order chi connectivity index (χ1) is 6.06. The molecule has 0 unspecified atom stereocenters. The third-order valence-electron chi connectivity index (χ3n) is 1.59. The Kier molecular flexibility index (Phi) is 4.25. The summed E-state index contributed by atoms with van der Waals surface area (Å²) in [5.41, 5.74) is 5.36. The number of nitrogens with two attached hydrogens (primary N) is 1. The lowest BCUT2D eigenvalue weighted by atomic mass is 10.5. The summed E-state index contributed by atoms with van der Waals surface area (Å²) in [4.78, 5) is 9.95. The van der Waals surface area contributed by atoms with Gasteiger partial charge in [0, 0.05) is 6.04 Å². The van der Waals surface area contributed by atoms with Crippen molar-refractivity contribution in [3.8, 4) is 0 Å². The van der Waals surface area contributed by atoms with Crippen LogP contribution in [0.25, 0.3) is 0 Å². The molecule has 1 rings (SSSR count). The summed E-state index contributed by atoms with van der Waals surface area (Å²) < 4.78 is 16.1. The van der Waals surface area contributed by atoms with E-state index in [0.29, 0.717) is 12.6 Å². The van der Waals surface area contributed by atoms with Crippen LogP contribution < -0.4 is 5.73 Å².